The van der Waals surface area contributed by atoms with Crippen LogP contribution in [0.5, 0.6) is 0 Å². The Labute approximate surface area is 196 Å². The summed E-state index contributed by atoms with van der Waals surface area (Å²) in [5.74, 6) is -2.00. The summed E-state index contributed by atoms with van der Waals surface area (Å²) in [5.41, 5.74) is 3.99. The van der Waals surface area contributed by atoms with E-state index in [9.17, 15) is 19.5 Å². The lowest BCUT2D eigenvalue weighted by Crippen LogP contribution is -2.25. The highest BCUT2D eigenvalue weighted by Crippen LogP contribution is 2.35. The zero-order valence-corrected chi connectivity index (χ0v) is 18.5. The monoisotopic (exact) mass is 452 g/mol. The number of carbonyl (C=O) groups is 3. The molecule has 0 aliphatic heterocycles. The minimum absolute atomic E-state index is 0.0894. The van der Waals surface area contributed by atoms with E-state index in [0.717, 1.165) is 34.1 Å². The first-order valence-electron chi connectivity index (χ1n) is 11.4. The molecule has 1 heterocycles. The summed E-state index contributed by atoms with van der Waals surface area (Å²) in [7, 11) is 0. The summed E-state index contributed by atoms with van der Waals surface area (Å²) < 4.78 is 1.58. The van der Waals surface area contributed by atoms with Crippen LogP contribution >= 0.6 is 0 Å². The third kappa shape index (κ3) is 4.10. The first kappa shape index (κ1) is 21.6. The van der Waals surface area contributed by atoms with Gasteiger partial charge in [-0.3, -0.25) is 14.2 Å². The van der Waals surface area contributed by atoms with Crippen molar-refractivity contribution >= 4 is 34.4 Å². The average molecular weight is 453 g/mol. The van der Waals surface area contributed by atoms with Gasteiger partial charge in [0.1, 0.15) is 0 Å². The predicted molar refractivity (Wildman–Crippen MR) is 131 cm³/mol. The zero-order valence-electron chi connectivity index (χ0n) is 18.5. The molecule has 1 saturated carbocycles. The molecule has 1 unspecified atom stereocenters. The Morgan fingerprint density at radius 3 is 2.26 bits per heavy atom. The van der Waals surface area contributed by atoms with Gasteiger partial charge in [-0.2, -0.15) is 0 Å². The van der Waals surface area contributed by atoms with Gasteiger partial charge in [0, 0.05) is 28.8 Å². The molecule has 4 aromatic rings. The molecule has 1 aromatic heterocycles. The summed E-state index contributed by atoms with van der Waals surface area (Å²) in [6.45, 7) is 0. The highest BCUT2D eigenvalue weighted by atomic mass is 16.4. The molecule has 1 amide bonds. The highest BCUT2D eigenvalue weighted by Gasteiger charge is 2.37. The summed E-state index contributed by atoms with van der Waals surface area (Å²) in [6, 6.07) is 24.2. The maximum atomic E-state index is 12.9. The van der Waals surface area contributed by atoms with Gasteiger partial charge in [-0.1, -0.05) is 55.0 Å². The Bertz CT molecular complexity index is 1370. The van der Waals surface area contributed by atoms with Crippen molar-refractivity contribution < 1.29 is 19.5 Å². The number of carboxylic acids is 1. The number of Topliss-reactive ketones (excluding diaryl/α,β-unsaturated/α-hetero) is 1. The number of benzene rings is 3. The number of ketones is 1. The van der Waals surface area contributed by atoms with Gasteiger partial charge in [-0.25, -0.2) is 4.79 Å². The number of aliphatic carboxylic acids is 1. The summed E-state index contributed by atoms with van der Waals surface area (Å²) in [4.78, 5) is 37.0. The molecule has 0 radical (unpaired) electrons. The lowest BCUT2D eigenvalue weighted by molar-refractivity contribution is -0.142. The second kappa shape index (κ2) is 8.98. The minimum Gasteiger partial charge on any atom is -0.481 e. The van der Waals surface area contributed by atoms with Crippen LogP contribution in [0, 0.1) is 11.8 Å². The number of nitrogens with zero attached hydrogens (tertiary/aromatic N) is 1. The van der Waals surface area contributed by atoms with Crippen LogP contribution in [0.15, 0.2) is 85.1 Å². The van der Waals surface area contributed by atoms with Crippen molar-refractivity contribution in [3.63, 3.8) is 0 Å². The number of hydrogen-bond acceptors (Lipinski definition) is 3. The van der Waals surface area contributed by atoms with E-state index < -0.39 is 17.8 Å². The molecule has 3 aromatic carbocycles. The second-order valence-corrected chi connectivity index (χ2v) is 8.68. The van der Waals surface area contributed by atoms with Gasteiger partial charge in [0.15, 0.2) is 5.78 Å². The molecule has 1 aliphatic rings. The van der Waals surface area contributed by atoms with Crippen LogP contribution in [-0.2, 0) is 4.79 Å². The van der Waals surface area contributed by atoms with Gasteiger partial charge in [0.2, 0.25) is 0 Å². The summed E-state index contributed by atoms with van der Waals surface area (Å²) in [5, 5.41) is 13.2. The smallest absolute Gasteiger partial charge is 0.330 e. The van der Waals surface area contributed by atoms with Crippen molar-refractivity contribution in [1.29, 1.82) is 0 Å². The van der Waals surface area contributed by atoms with Gasteiger partial charge in [-0.15, -0.1) is 0 Å². The quantitative estimate of drug-likeness (QED) is 0.360. The molecule has 170 valence electrons. The number of nitrogens with one attached hydrogen (secondary N) is 1. The van der Waals surface area contributed by atoms with E-state index in [4.69, 9.17) is 0 Å². The molecule has 5 rings (SSSR count). The molecule has 0 spiro atoms. The Morgan fingerprint density at radius 1 is 0.824 bits per heavy atom. The topological polar surface area (TPSA) is 88.4 Å². The molecular formula is C28H24N2O4. The Morgan fingerprint density at radius 2 is 1.53 bits per heavy atom. The van der Waals surface area contributed by atoms with Crippen molar-refractivity contribution in [2.24, 2.45) is 11.8 Å². The molecule has 6 heteroatoms. The van der Waals surface area contributed by atoms with Crippen LogP contribution < -0.4 is 5.32 Å². The van der Waals surface area contributed by atoms with Crippen molar-refractivity contribution in [3.8, 4) is 11.1 Å². The number of rotatable bonds is 5. The van der Waals surface area contributed by atoms with Crippen molar-refractivity contribution in [2.45, 2.75) is 19.3 Å². The van der Waals surface area contributed by atoms with Gasteiger partial charge in [-0.05, 0) is 54.3 Å². The Balaban J connectivity index is 1.35. The van der Waals surface area contributed by atoms with E-state index in [2.05, 4.69) is 5.32 Å². The van der Waals surface area contributed by atoms with E-state index in [-0.39, 0.29) is 11.8 Å². The van der Waals surface area contributed by atoms with Crippen molar-refractivity contribution in [3.05, 3.63) is 90.6 Å². The molecular weight excluding hydrogens is 428 g/mol. The van der Waals surface area contributed by atoms with Crippen LogP contribution in [0.4, 0.5) is 10.5 Å². The van der Waals surface area contributed by atoms with Gasteiger partial charge >= 0.3 is 12.0 Å². The van der Waals surface area contributed by atoms with Gasteiger partial charge in [0.05, 0.1) is 11.4 Å². The number of fused-ring (bicyclic) bond motifs is 1. The van der Waals surface area contributed by atoms with Crippen LogP contribution in [0.3, 0.4) is 0 Å². The molecule has 2 N–H and O–H groups in total. The second-order valence-electron chi connectivity index (χ2n) is 8.68. The number of hydrogen-bond donors (Lipinski definition) is 2. The third-order valence-corrected chi connectivity index (χ3v) is 6.61. The first-order chi connectivity index (χ1) is 16.5. The van der Waals surface area contributed by atoms with E-state index >= 15 is 0 Å². The number of anilines is 1. The van der Waals surface area contributed by atoms with Crippen LogP contribution in [0.25, 0.3) is 22.0 Å². The largest absolute Gasteiger partial charge is 0.481 e. The number of amides is 1. The maximum absolute atomic E-state index is 12.9. The van der Waals surface area contributed by atoms with E-state index in [0.29, 0.717) is 18.4 Å². The van der Waals surface area contributed by atoms with Crippen LogP contribution in [0.1, 0.15) is 29.6 Å². The zero-order chi connectivity index (χ0) is 23.7. The van der Waals surface area contributed by atoms with E-state index in [1.807, 2.05) is 66.7 Å². The maximum Gasteiger partial charge on any atom is 0.330 e. The lowest BCUT2D eigenvalue weighted by Gasteiger charge is -2.14. The molecule has 0 saturated heterocycles. The Hall–Kier alpha value is -4.19. The fraction of sp³-hybridized carbons (Fsp3) is 0.179. The number of para-hydroxylation sites is 1. The molecule has 6 nitrogen and oxygen atoms in total. The number of carbonyl (C=O) groups excluding carboxylic acids is 2. The van der Waals surface area contributed by atoms with E-state index in [1.54, 1.807) is 22.9 Å². The third-order valence-electron chi connectivity index (χ3n) is 6.61. The predicted octanol–water partition coefficient (Wildman–Crippen LogP) is 6.07. The van der Waals surface area contributed by atoms with Crippen molar-refractivity contribution in [2.75, 3.05) is 5.32 Å². The lowest BCUT2D eigenvalue weighted by atomic mass is 9.88. The van der Waals surface area contributed by atoms with E-state index in [1.165, 1.54) is 0 Å². The van der Waals surface area contributed by atoms with Gasteiger partial charge < -0.3 is 10.4 Å². The molecule has 1 fully saturated rings. The Kier molecular flexibility index (Phi) is 5.72. The first-order valence-corrected chi connectivity index (χ1v) is 11.4. The fourth-order valence-corrected chi connectivity index (χ4v) is 4.81. The number of carboxylic acid groups (broad SMARTS) is 1. The average Bonchev–Trinajstić information content (AvgIpc) is 3.51. The normalized spacial score (nSPS) is 17.5. The summed E-state index contributed by atoms with van der Waals surface area (Å²) in [6.07, 6.45) is 3.71. The summed E-state index contributed by atoms with van der Waals surface area (Å²) >= 11 is 0. The van der Waals surface area contributed by atoms with Crippen LogP contribution in [0.2, 0.25) is 0 Å². The molecule has 2 atom stereocenters. The molecule has 1 aliphatic carbocycles. The highest BCUT2D eigenvalue weighted by molar-refractivity contribution is 6.01. The van der Waals surface area contributed by atoms with Gasteiger partial charge in [0.25, 0.3) is 0 Å². The van der Waals surface area contributed by atoms with Crippen LogP contribution in [-0.4, -0.2) is 27.5 Å². The minimum atomic E-state index is -0.884. The molecule has 0 bridgehead atoms. The molecule has 34 heavy (non-hydrogen) atoms. The standard InChI is InChI=1S/C28H24N2O4/c31-26(23-7-4-8-24(23)27(32)33)19-11-9-18(10-12-19)20-13-14-25-21(17-20)15-16-30(25)28(34)29-22-5-2-1-3-6-22/h1-3,5-6,9-17,23-24H,4,7-8H2,(H,29,34)(H,32,33)/t23?,24-/m1/s1. The fourth-order valence-electron chi connectivity index (χ4n) is 4.81. The number of aromatic nitrogens is 1. The SMILES string of the molecule is O=C(c1ccc(-c2ccc3c(ccn3C(=O)Nc3ccccc3)c2)cc1)C1CCC[C@H]1C(=O)O. The van der Waals surface area contributed by atoms with Crippen molar-refractivity contribution in [1.82, 2.24) is 4.57 Å².